The van der Waals surface area contributed by atoms with Crippen molar-refractivity contribution in [1.82, 2.24) is 10.2 Å². The van der Waals surface area contributed by atoms with Crippen LogP contribution in [0.5, 0.6) is 0 Å². The Morgan fingerprint density at radius 1 is 1.37 bits per heavy atom. The first kappa shape index (κ1) is 14.8. The van der Waals surface area contributed by atoms with Crippen LogP contribution in [0.1, 0.15) is 46.0 Å². The number of hydrogen-bond donors (Lipinski definition) is 2. The van der Waals surface area contributed by atoms with E-state index >= 15 is 0 Å². The summed E-state index contributed by atoms with van der Waals surface area (Å²) < 4.78 is 0. The Morgan fingerprint density at radius 3 is 2.79 bits per heavy atom. The molecule has 1 aliphatic carbocycles. The number of aliphatic carboxylic acids is 1. The van der Waals surface area contributed by atoms with Crippen LogP contribution >= 0.6 is 0 Å². The highest BCUT2D eigenvalue weighted by Crippen LogP contribution is 2.25. The topological polar surface area (TPSA) is 52.6 Å². The van der Waals surface area contributed by atoms with Gasteiger partial charge in [-0.3, -0.25) is 4.79 Å². The molecule has 4 heteroatoms. The van der Waals surface area contributed by atoms with Gasteiger partial charge in [0.2, 0.25) is 0 Å². The van der Waals surface area contributed by atoms with Gasteiger partial charge in [-0.15, -0.1) is 0 Å². The Kier molecular flexibility index (Phi) is 5.22. The Bertz CT molecular complexity index is 307. The molecule has 1 saturated heterocycles. The number of nitrogens with zero attached hydrogens (tertiary/aromatic N) is 1. The molecule has 0 amide bonds. The van der Waals surface area contributed by atoms with E-state index in [9.17, 15) is 4.79 Å². The predicted octanol–water partition coefficient (Wildman–Crippen LogP) is 1.95. The molecule has 3 unspecified atom stereocenters. The van der Waals surface area contributed by atoms with E-state index in [1.165, 1.54) is 19.5 Å². The lowest BCUT2D eigenvalue weighted by molar-refractivity contribution is -0.143. The SMILES string of the molecule is CC(C)N1CCC(CNC2CCCC(C(=O)O)C2)C1. The van der Waals surface area contributed by atoms with Gasteiger partial charge in [-0.05, 0) is 58.5 Å². The second kappa shape index (κ2) is 6.71. The van der Waals surface area contributed by atoms with Crippen molar-refractivity contribution in [2.75, 3.05) is 19.6 Å². The van der Waals surface area contributed by atoms with Gasteiger partial charge in [-0.2, -0.15) is 0 Å². The van der Waals surface area contributed by atoms with Crippen LogP contribution in [0.3, 0.4) is 0 Å². The zero-order chi connectivity index (χ0) is 13.8. The van der Waals surface area contributed by atoms with Crippen molar-refractivity contribution < 1.29 is 9.90 Å². The summed E-state index contributed by atoms with van der Waals surface area (Å²) in [5, 5.41) is 12.7. The standard InChI is InChI=1S/C15H28N2O2/c1-11(2)17-7-6-12(10-17)9-16-14-5-3-4-13(8-14)15(18)19/h11-14,16H,3-10H2,1-2H3,(H,18,19). The third-order valence-corrected chi connectivity index (χ3v) is 4.77. The minimum Gasteiger partial charge on any atom is -0.481 e. The number of carbonyl (C=O) groups is 1. The van der Waals surface area contributed by atoms with Crippen LogP contribution in [-0.4, -0.2) is 47.7 Å². The van der Waals surface area contributed by atoms with Crippen LogP contribution in [0.4, 0.5) is 0 Å². The quantitative estimate of drug-likeness (QED) is 0.800. The van der Waals surface area contributed by atoms with Crippen molar-refractivity contribution in [2.24, 2.45) is 11.8 Å². The van der Waals surface area contributed by atoms with E-state index < -0.39 is 5.97 Å². The van der Waals surface area contributed by atoms with Crippen LogP contribution in [0.15, 0.2) is 0 Å². The summed E-state index contributed by atoms with van der Waals surface area (Å²) >= 11 is 0. The molecule has 2 fully saturated rings. The van der Waals surface area contributed by atoms with Crippen molar-refractivity contribution in [3.63, 3.8) is 0 Å². The summed E-state index contributed by atoms with van der Waals surface area (Å²) in [5.41, 5.74) is 0. The summed E-state index contributed by atoms with van der Waals surface area (Å²) in [6, 6.07) is 1.07. The third-order valence-electron chi connectivity index (χ3n) is 4.77. The largest absolute Gasteiger partial charge is 0.481 e. The van der Waals surface area contributed by atoms with E-state index in [2.05, 4.69) is 24.1 Å². The molecule has 0 aromatic heterocycles. The summed E-state index contributed by atoms with van der Waals surface area (Å²) in [4.78, 5) is 13.6. The van der Waals surface area contributed by atoms with E-state index in [4.69, 9.17) is 5.11 Å². The Labute approximate surface area is 116 Å². The molecule has 0 spiro atoms. The van der Waals surface area contributed by atoms with Crippen LogP contribution in [0, 0.1) is 11.8 Å². The minimum absolute atomic E-state index is 0.123. The van der Waals surface area contributed by atoms with Crippen molar-refractivity contribution in [1.29, 1.82) is 0 Å². The zero-order valence-corrected chi connectivity index (χ0v) is 12.3. The molecule has 1 heterocycles. The van der Waals surface area contributed by atoms with E-state index in [1.807, 2.05) is 0 Å². The monoisotopic (exact) mass is 268 g/mol. The maximum absolute atomic E-state index is 11.0. The van der Waals surface area contributed by atoms with E-state index in [0.29, 0.717) is 12.1 Å². The molecule has 2 aliphatic rings. The highest BCUT2D eigenvalue weighted by Gasteiger charge is 2.28. The first-order valence-corrected chi connectivity index (χ1v) is 7.76. The molecular formula is C15H28N2O2. The molecule has 2 rings (SSSR count). The van der Waals surface area contributed by atoms with Crippen LogP contribution in [-0.2, 0) is 4.79 Å². The fourth-order valence-electron chi connectivity index (χ4n) is 3.43. The normalized spacial score (nSPS) is 32.9. The average molecular weight is 268 g/mol. The van der Waals surface area contributed by atoms with Crippen molar-refractivity contribution in [2.45, 2.75) is 58.0 Å². The summed E-state index contributed by atoms with van der Waals surface area (Å²) in [6.07, 6.45) is 5.15. The Hall–Kier alpha value is -0.610. The predicted molar refractivity (Wildman–Crippen MR) is 76.2 cm³/mol. The van der Waals surface area contributed by atoms with Crippen LogP contribution in [0.25, 0.3) is 0 Å². The number of likely N-dealkylation sites (tertiary alicyclic amines) is 1. The molecule has 3 atom stereocenters. The first-order chi connectivity index (χ1) is 9.06. The van der Waals surface area contributed by atoms with Gasteiger partial charge in [0.25, 0.3) is 0 Å². The summed E-state index contributed by atoms with van der Waals surface area (Å²) in [7, 11) is 0. The highest BCUT2D eigenvalue weighted by molar-refractivity contribution is 5.70. The van der Waals surface area contributed by atoms with Crippen LogP contribution < -0.4 is 5.32 Å². The van der Waals surface area contributed by atoms with Gasteiger partial charge < -0.3 is 15.3 Å². The number of rotatable bonds is 5. The summed E-state index contributed by atoms with van der Waals surface area (Å²) in [5.74, 6) is 0.00736. The van der Waals surface area contributed by atoms with Crippen molar-refractivity contribution in [3.05, 3.63) is 0 Å². The van der Waals surface area contributed by atoms with E-state index in [1.54, 1.807) is 0 Å². The first-order valence-electron chi connectivity index (χ1n) is 7.76. The van der Waals surface area contributed by atoms with Gasteiger partial charge in [0.05, 0.1) is 5.92 Å². The van der Waals surface area contributed by atoms with Crippen LogP contribution in [0.2, 0.25) is 0 Å². The number of hydrogen-bond acceptors (Lipinski definition) is 3. The molecule has 110 valence electrons. The molecule has 0 bridgehead atoms. The van der Waals surface area contributed by atoms with Crippen molar-refractivity contribution >= 4 is 5.97 Å². The second-order valence-electron chi connectivity index (χ2n) is 6.55. The molecule has 4 nitrogen and oxygen atoms in total. The fourth-order valence-corrected chi connectivity index (χ4v) is 3.43. The van der Waals surface area contributed by atoms with Gasteiger partial charge in [0.1, 0.15) is 0 Å². The average Bonchev–Trinajstić information content (AvgIpc) is 2.85. The number of carboxylic acid groups (broad SMARTS) is 1. The smallest absolute Gasteiger partial charge is 0.306 e. The Balaban J connectivity index is 1.69. The molecule has 0 radical (unpaired) electrons. The van der Waals surface area contributed by atoms with Crippen molar-refractivity contribution in [3.8, 4) is 0 Å². The van der Waals surface area contributed by atoms with E-state index in [0.717, 1.165) is 38.1 Å². The minimum atomic E-state index is -0.613. The lowest BCUT2D eigenvalue weighted by Gasteiger charge is -2.28. The van der Waals surface area contributed by atoms with Gasteiger partial charge in [-0.1, -0.05) is 6.42 Å². The second-order valence-corrected chi connectivity index (χ2v) is 6.55. The van der Waals surface area contributed by atoms with Gasteiger partial charge in [-0.25, -0.2) is 0 Å². The fraction of sp³-hybridized carbons (Fsp3) is 0.933. The summed E-state index contributed by atoms with van der Waals surface area (Å²) in [6.45, 7) is 7.98. The maximum atomic E-state index is 11.0. The zero-order valence-electron chi connectivity index (χ0n) is 12.3. The lowest BCUT2D eigenvalue weighted by atomic mass is 9.85. The number of nitrogens with one attached hydrogen (secondary N) is 1. The molecule has 1 aliphatic heterocycles. The molecule has 0 aromatic carbocycles. The molecule has 1 saturated carbocycles. The van der Waals surface area contributed by atoms with Gasteiger partial charge in [0, 0.05) is 18.6 Å². The molecule has 2 N–H and O–H groups in total. The van der Waals surface area contributed by atoms with E-state index in [-0.39, 0.29) is 5.92 Å². The third kappa shape index (κ3) is 4.18. The molecule has 0 aromatic rings. The Morgan fingerprint density at radius 2 is 2.16 bits per heavy atom. The number of carboxylic acids is 1. The molecular weight excluding hydrogens is 240 g/mol. The lowest BCUT2D eigenvalue weighted by Crippen LogP contribution is -2.39. The molecule has 19 heavy (non-hydrogen) atoms. The van der Waals surface area contributed by atoms with Gasteiger partial charge >= 0.3 is 5.97 Å². The highest BCUT2D eigenvalue weighted by atomic mass is 16.4. The van der Waals surface area contributed by atoms with Gasteiger partial charge in [0.15, 0.2) is 0 Å². The maximum Gasteiger partial charge on any atom is 0.306 e.